The molecule has 31 heavy (non-hydrogen) atoms. The minimum atomic E-state index is -0.402. The summed E-state index contributed by atoms with van der Waals surface area (Å²) in [6.07, 6.45) is 6.73. The molecule has 0 radical (unpaired) electrons. The van der Waals surface area contributed by atoms with E-state index in [2.05, 4.69) is 39.1 Å². The van der Waals surface area contributed by atoms with E-state index in [4.69, 9.17) is 4.74 Å². The highest BCUT2D eigenvalue weighted by Gasteiger charge is 2.09. The summed E-state index contributed by atoms with van der Waals surface area (Å²) in [4.78, 5) is 21.0. The van der Waals surface area contributed by atoms with E-state index in [1.807, 2.05) is 42.6 Å². The van der Waals surface area contributed by atoms with Gasteiger partial charge in [-0.2, -0.15) is 0 Å². The molecular formula is C23H23N5O2S. The number of ether oxygens (including phenoxy) is 1. The molecule has 2 amide bonds. The van der Waals surface area contributed by atoms with Crippen LogP contribution in [0.3, 0.4) is 0 Å². The fourth-order valence-corrected chi connectivity index (χ4v) is 3.27. The van der Waals surface area contributed by atoms with E-state index in [0.717, 1.165) is 27.6 Å². The maximum Gasteiger partial charge on any atom is 0.323 e. The molecule has 2 aromatic heterocycles. The summed E-state index contributed by atoms with van der Waals surface area (Å²) in [5.41, 5.74) is 4.72. The zero-order chi connectivity index (χ0) is 22.2. The van der Waals surface area contributed by atoms with Crippen LogP contribution in [0.15, 0.2) is 84.9 Å². The Morgan fingerprint density at radius 1 is 1.23 bits per heavy atom. The number of amides is 2. The van der Waals surface area contributed by atoms with Crippen molar-refractivity contribution in [2.75, 3.05) is 17.7 Å². The maximum atomic E-state index is 12.2. The molecule has 7 nitrogen and oxygen atoms in total. The van der Waals surface area contributed by atoms with Gasteiger partial charge in [0.1, 0.15) is 5.76 Å². The highest BCUT2D eigenvalue weighted by molar-refractivity contribution is 7.14. The number of methoxy groups -OCH3 is 1. The van der Waals surface area contributed by atoms with Crippen LogP contribution < -0.4 is 16.0 Å². The largest absolute Gasteiger partial charge is 0.497 e. The average molecular weight is 434 g/mol. The number of anilines is 3. The Morgan fingerprint density at radius 2 is 2.06 bits per heavy atom. The molecule has 1 aromatic carbocycles. The minimum absolute atomic E-state index is 0.402. The van der Waals surface area contributed by atoms with Gasteiger partial charge in [-0.1, -0.05) is 19.2 Å². The molecule has 0 saturated heterocycles. The Morgan fingerprint density at radius 3 is 2.81 bits per heavy atom. The molecule has 0 aliphatic carbocycles. The first-order valence-electron chi connectivity index (χ1n) is 9.36. The standard InChI is InChI=1S/C23H23N5O2S/c1-15-7-10-19(26-22(29)25-16(2)8-9-17(3)30-4)12-20(15)27-23-28-21(14-31-23)18-6-5-11-24-13-18/h5-14H,2-3H2,1,4H3,(H,27,28)(H2,25,26,29)/b9-8-. The number of nitrogens with one attached hydrogen (secondary N) is 3. The van der Waals surface area contributed by atoms with Crippen LogP contribution in [0.1, 0.15) is 5.56 Å². The van der Waals surface area contributed by atoms with Gasteiger partial charge in [0.05, 0.1) is 12.8 Å². The number of carbonyl (C=O) groups excluding carboxylic acids is 1. The Kier molecular flexibility index (Phi) is 7.18. The lowest BCUT2D eigenvalue weighted by molar-refractivity contribution is 0.254. The van der Waals surface area contributed by atoms with Gasteiger partial charge >= 0.3 is 6.03 Å². The lowest BCUT2D eigenvalue weighted by Gasteiger charge is -2.11. The maximum absolute atomic E-state index is 12.2. The van der Waals surface area contributed by atoms with Crippen molar-refractivity contribution in [2.24, 2.45) is 0 Å². The number of benzene rings is 1. The summed E-state index contributed by atoms with van der Waals surface area (Å²) in [6.45, 7) is 9.43. The summed E-state index contributed by atoms with van der Waals surface area (Å²) in [5, 5.41) is 11.5. The van der Waals surface area contributed by atoms with Gasteiger partial charge in [0.15, 0.2) is 5.13 Å². The van der Waals surface area contributed by atoms with Crippen molar-refractivity contribution in [3.05, 3.63) is 90.4 Å². The summed E-state index contributed by atoms with van der Waals surface area (Å²) in [7, 11) is 1.52. The van der Waals surface area contributed by atoms with Gasteiger partial charge in [0.2, 0.25) is 0 Å². The zero-order valence-electron chi connectivity index (χ0n) is 17.3. The van der Waals surface area contributed by atoms with E-state index in [-0.39, 0.29) is 0 Å². The van der Waals surface area contributed by atoms with Crippen molar-refractivity contribution in [3.8, 4) is 11.3 Å². The lowest BCUT2D eigenvalue weighted by atomic mass is 10.2. The first-order valence-corrected chi connectivity index (χ1v) is 10.2. The van der Waals surface area contributed by atoms with E-state index in [1.54, 1.807) is 24.5 Å². The van der Waals surface area contributed by atoms with Crippen LogP contribution in [-0.2, 0) is 4.74 Å². The van der Waals surface area contributed by atoms with Gasteiger partial charge < -0.3 is 20.7 Å². The van der Waals surface area contributed by atoms with Crippen LogP contribution in [0.2, 0.25) is 0 Å². The molecule has 2 heterocycles. The van der Waals surface area contributed by atoms with Crippen molar-refractivity contribution in [2.45, 2.75) is 6.92 Å². The van der Waals surface area contributed by atoms with E-state index < -0.39 is 6.03 Å². The first kappa shape index (κ1) is 21.8. The monoisotopic (exact) mass is 433 g/mol. The molecule has 0 atom stereocenters. The topological polar surface area (TPSA) is 88.2 Å². The Labute approximate surface area is 185 Å². The third kappa shape index (κ3) is 6.28. The third-order valence-corrected chi connectivity index (χ3v) is 4.96. The average Bonchev–Trinajstić information content (AvgIpc) is 3.23. The predicted octanol–water partition coefficient (Wildman–Crippen LogP) is 5.61. The highest BCUT2D eigenvalue weighted by atomic mass is 32.1. The summed E-state index contributed by atoms with van der Waals surface area (Å²) >= 11 is 1.50. The number of allylic oxidation sites excluding steroid dienone is 2. The number of carbonyl (C=O) groups is 1. The molecule has 3 N–H and O–H groups in total. The van der Waals surface area contributed by atoms with E-state index >= 15 is 0 Å². The molecular weight excluding hydrogens is 410 g/mol. The third-order valence-electron chi connectivity index (χ3n) is 4.21. The zero-order valence-corrected chi connectivity index (χ0v) is 18.1. The molecule has 0 fully saturated rings. The second-order valence-corrected chi connectivity index (χ2v) is 7.40. The highest BCUT2D eigenvalue weighted by Crippen LogP contribution is 2.29. The minimum Gasteiger partial charge on any atom is -0.497 e. The van der Waals surface area contributed by atoms with E-state index in [1.165, 1.54) is 18.4 Å². The van der Waals surface area contributed by atoms with Crippen molar-refractivity contribution >= 4 is 33.9 Å². The molecule has 0 aliphatic rings. The van der Waals surface area contributed by atoms with Gasteiger partial charge in [0, 0.05) is 40.4 Å². The second kappa shape index (κ2) is 10.2. The normalized spacial score (nSPS) is 10.5. The molecule has 3 rings (SSSR count). The SMILES string of the molecule is C=C(/C=C\C(=C)OC)NC(=O)Nc1ccc(C)c(Nc2nc(-c3cccnc3)cs2)c1. The van der Waals surface area contributed by atoms with Crippen LogP contribution in [0.25, 0.3) is 11.3 Å². The number of urea groups is 1. The predicted molar refractivity (Wildman–Crippen MR) is 126 cm³/mol. The Balaban J connectivity index is 1.65. The van der Waals surface area contributed by atoms with Gasteiger partial charge in [-0.25, -0.2) is 9.78 Å². The quantitative estimate of drug-likeness (QED) is 0.317. The van der Waals surface area contributed by atoms with Crippen molar-refractivity contribution < 1.29 is 9.53 Å². The second-order valence-electron chi connectivity index (χ2n) is 6.54. The Bertz CT molecular complexity index is 1120. The van der Waals surface area contributed by atoms with Gasteiger partial charge in [-0.15, -0.1) is 11.3 Å². The molecule has 0 bridgehead atoms. The molecule has 158 valence electrons. The summed E-state index contributed by atoms with van der Waals surface area (Å²) in [5.74, 6) is 0.464. The van der Waals surface area contributed by atoms with Crippen molar-refractivity contribution in [1.29, 1.82) is 0 Å². The van der Waals surface area contributed by atoms with Crippen LogP contribution in [0, 0.1) is 6.92 Å². The molecule has 0 aliphatic heterocycles. The number of hydrogen-bond donors (Lipinski definition) is 3. The van der Waals surface area contributed by atoms with Gasteiger partial charge in [-0.05, 0) is 48.9 Å². The van der Waals surface area contributed by atoms with Gasteiger partial charge in [-0.3, -0.25) is 4.98 Å². The van der Waals surface area contributed by atoms with Crippen LogP contribution >= 0.6 is 11.3 Å². The smallest absolute Gasteiger partial charge is 0.323 e. The number of aryl methyl sites for hydroxylation is 1. The van der Waals surface area contributed by atoms with E-state index in [0.29, 0.717) is 17.1 Å². The number of thiazole rings is 1. The molecule has 3 aromatic rings. The molecule has 8 heteroatoms. The fraction of sp³-hybridized carbons (Fsp3) is 0.0870. The van der Waals surface area contributed by atoms with Crippen molar-refractivity contribution in [3.63, 3.8) is 0 Å². The molecule has 0 saturated carbocycles. The van der Waals surface area contributed by atoms with Crippen LogP contribution in [0.4, 0.5) is 21.3 Å². The fourth-order valence-electron chi connectivity index (χ4n) is 2.54. The number of hydrogen-bond acceptors (Lipinski definition) is 6. The Hall–Kier alpha value is -3.91. The first-order chi connectivity index (χ1) is 14.9. The summed E-state index contributed by atoms with van der Waals surface area (Å²) in [6, 6.07) is 9.05. The number of nitrogens with zero attached hydrogens (tertiary/aromatic N) is 2. The summed E-state index contributed by atoms with van der Waals surface area (Å²) < 4.78 is 4.94. The number of pyridine rings is 1. The van der Waals surface area contributed by atoms with E-state index in [9.17, 15) is 4.79 Å². The molecule has 0 spiro atoms. The van der Waals surface area contributed by atoms with Gasteiger partial charge in [0.25, 0.3) is 0 Å². The van der Waals surface area contributed by atoms with Crippen molar-refractivity contribution in [1.82, 2.24) is 15.3 Å². The lowest BCUT2D eigenvalue weighted by Crippen LogP contribution is -2.27. The van der Waals surface area contributed by atoms with Crippen LogP contribution in [0.5, 0.6) is 0 Å². The number of aromatic nitrogens is 2. The van der Waals surface area contributed by atoms with Crippen LogP contribution in [-0.4, -0.2) is 23.1 Å². The number of rotatable bonds is 8. The molecule has 0 unspecified atom stereocenters.